The Morgan fingerprint density at radius 2 is 2.00 bits per heavy atom. The van der Waals surface area contributed by atoms with Gasteiger partial charge >= 0.3 is 12.1 Å². The molecule has 1 heterocycles. The van der Waals surface area contributed by atoms with Gasteiger partial charge in [0.05, 0.1) is 26.0 Å². The molecule has 122 valence electrons. The highest BCUT2D eigenvalue weighted by Gasteiger charge is 2.30. The Kier molecular flexibility index (Phi) is 6.11. The highest BCUT2D eigenvalue weighted by molar-refractivity contribution is 7.90. The molecule has 0 fully saturated rings. The summed E-state index contributed by atoms with van der Waals surface area (Å²) in [5.74, 6) is -0.859. The summed E-state index contributed by atoms with van der Waals surface area (Å²) in [4.78, 5) is 23.2. The van der Waals surface area contributed by atoms with Crippen molar-refractivity contribution in [2.45, 2.75) is 25.4 Å². The average molecular weight is 331 g/mol. The van der Waals surface area contributed by atoms with Gasteiger partial charge in [-0.1, -0.05) is 6.08 Å². The zero-order valence-corrected chi connectivity index (χ0v) is 13.1. The smallest absolute Gasteiger partial charge is 0.421 e. The predicted molar refractivity (Wildman–Crippen MR) is 75.7 cm³/mol. The molecule has 0 aliphatic heterocycles. The van der Waals surface area contributed by atoms with Gasteiger partial charge in [0.15, 0.2) is 5.03 Å². The van der Waals surface area contributed by atoms with E-state index in [1.54, 1.807) is 11.6 Å². The number of sulfonamides is 1. The van der Waals surface area contributed by atoms with Crippen LogP contribution < -0.4 is 4.72 Å². The number of carbonyl (C=O) groups is 2. The third-order valence-electron chi connectivity index (χ3n) is 2.34. The van der Waals surface area contributed by atoms with Crippen LogP contribution in [0.3, 0.4) is 0 Å². The van der Waals surface area contributed by atoms with Crippen LogP contribution in [-0.2, 0) is 26.0 Å². The van der Waals surface area contributed by atoms with Crippen LogP contribution >= 0.6 is 0 Å². The van der Waals surface area contributed by atoms with Crippen LogP contribution in [0, 0.1) is 0 Å². The summed E-state index contributed by atoms with van der Waals surface area (Å²) in [6, 6.07) is 0. The highest BCUT2D eigenvalue weighted by Crippen LogP contribution is 2.17. The van der Waals surface area contributed by atoms with Crippen LogP contribution in [0.2, 0.25) is 0 Å². The Balaban J connectivity index is 3.28. The van der Waals surface area contributed by atoms with Crippen molar-refractivity contribution in [3.63, 3.8) is 0 Å². The first-order valence-corrected chi connectivity index (χ1v) is 7.89. The van der Waals surface area contributed by atoms with Crippen molar-refractivity contribution in [1.29, 1.82) is 0 Å². The van der Waals surface area contributed by atoms with E-state index < -0.39 is 27.1 Å². The SMILES string of the molecule is C=CCn1ncc(C(=O)OCC)c1S(=O)(=O)NC(=O)OCC. The van der Waals surface area contributed by atoms with E-state index in [2.05, 4.69) is 16.4 Å². The fourth-order valence-electron chi connectivity index (χ4n) is 1.58. The van der Waals surface area contributed by atoms with Gasteiger partial charge in [-0.2, -0.15) is 13.5 Å². The first kappa shape index (κ1) is 17.7. The number of esters is 1. The molecule has 1 amide bonds. The molecule has 1 rings (SSSR count). The van der Waals surface area contributed by atoms with Crippen LogP contribution in [0.15, 0.2) is 23.9 Å². The molecule has 0 saturated carbocycles. The maximum absolute atomic E-state index is 12.3. The average Bonchev–Trinajstić information content (AvgIpc) is 2.84. The predicted octanol–water partition coefficient (Wildman–Crippen LogP) is 0.681. The minimum absolute atomic E-state index is 0.00198. The van der Waals surface area contributed by atoms with E-state index in [4.69, 9.17) is 4.74 Å². The molecular weight excluding hydrogens is 314 g/mol. The molecule has 0 spiro atoms. The molecule has 0 saturated heterocycles. The maximum Gasteiger partial charge on any atom is 0.421 e. The third-order valence-corrected chi connectivity index (χ3v) is 3.71. The van der Waals surface area contributed by atoms with Gasteiger partial charge in [-0.3, -0.25) is 0 Å². The number of nitrogens with one attached hydrogen (secondary N) is 1. The standard InChI is InChI=1S/C12H17N3O6S/c1-4-7-15-10(9(8-13-15)11(16)20-5-2)22(18,19)14-12(17)21-6-3/h4,8H,1,5-7H2,2-3H3,(H,14,17). The molecule has 9 nitrogen and oxygen atoms in total. The van der Waals surface area contributed by atoms with Crippen molar-refractivity contribution in [2.75, 3.05) is 13.2 Å². The first-order chi connectivity index (χ1) is 10.4. The zero-order valence-electron chi connectivity index (χ0n) is 12.2. The van der Waals surface area contributed by atoms with Crippen molar-refractivity contribution in [1.82, 2.24) is 14.5 Å². The second-order valence-electron chi connectivity index (χ2n) is 3.88. The minimum Gasteiger partial charge on any atom is -0.462 e. The number of hydrogen-bond acceptors (Lipinski definition) is 7. The summed E-state index contributed by atoms with van der Waals surface area (Å²) in [6.07, 6.45) is 1.30. The third kappa shape index (κ3) is 4.07. The number of ether oxygens (including phenoxy) is 2. The molecule has 1 aromatic heterocycles. The number of aromatic nitrogens is 2. The number of amides is 1. The lowest BCUT2D eigenvalue weighted by Gasteiger charge is -2.10. The van der Waals surface area contributed by atoms with Crippen molar-refractivity contribution in [3.05, 3.63) is 24.4 Å². The van der Waals surface area contributed by atoms with Crippen molar-refractivity contribution in [3.8, 4) is 0 Å². The van der Waals surface area contributed by atoms with Crippen LogP contribution in [0.4, 0.5) is 4.79 Å². The second-order valence-corrected chi connectivity index (χ2v) is 5.48. The number of rotatable bonds is 7. The topological polar surface area (TPSA) is 117 Å². The normalized spacial score (nSPS) is 10.8. The minimum atomic E-state index is -4.36. The lowest BCUT2D eigenvalue weighted by atomic mass is 10.4. The van der Waals surface area contributed by atoms with E-state index in [0.29, 0.717) is 0 Å². The number of allylic oxidation sites excluding steroid dienone is 1. The van der Waals surface area contributed by atoms with Crippen LogP contribution in [0.1, 0.15) is 24.2 Å². The Morgan fingerprint density at radius 1 is 1.36 bits per heavy atom. The van der Waals surface area contributed by atoms with Gasteiger partial charge < -0.3 is 9.47 Å². The van der Waals surface area contributed by atoms with Gasteiger partial charge in [-0.15, -0.1) is 6.58 Å². The fraction of sp³-hybridized carbons (Fsp3) is 0.417. The van der Waals surface area contributed by atoms with Gasteiger partial charge in [-0.05, 0) is 13.8 Å². The number of carbonyl (C=O) groups excluding carboxylic acids is 2. The number of nitrogens with zero attached hydrogens (tertiary/aromatic N) is 2. The summed E-state index contributed by atoms with van der Waals surface area (Å²) in [7, 11) is -4.36. The second kappa shape index (κ2) is 7.59. The van der Waals surface area contributed by atoms with E-state index in [9.17, 15) is 18.0 Å². The summed E-state index contributed by atoms with van der Waals surface area (Å²) < 4.78 is 36.6. The van der Waals surface area contributed by atoms with Crippen molar-refractivity contribution >= 4 is 22.1 Å². The first-order valence-electron chi connectivity index (χ1n) is 6.40. The molecule has 0 aliphatic rings. The molecule has 0 atom stereocenters. The fourth-order valence-corrected chi connectivity index (χ4v) is 2.78. The lowest BCUT2D eigenvalue weighted by Crippen LogP contribution is -2.33. The largest absolute Gasteiger partial charge is 0.462 e. The van der Waals surface area contributed by atoms with Gasteiger partial charge in [0, 0.05) is 0 Å². The molecule has 1 N–H and O–H groups in total. The Labute approximate surface area is 127 Å². The quantitative estimate of drug-likeness (QED) is 0.577. The molecule has 0 bridgehead atoms. The summed E-state index contributed by atoms with van der Waals surface area (Å²) >= 11 is 0. The molecular formula is C12H17N3O6S. The summed E-state index contributed by atoms with van der Waals surface area (Å²) in [5, 5.41) is 3.31. The van der Waals surface area contributed by atoms with Crippen LogP contribution in [0.25, 0.3) is 0 Å². The van der Waals surface area contributed by atoms with Crippen LogP contribution in [0.5, 0.6) is 0 Å². The summed E-state index contributed by atoms with van der Waals surface area (Å²) in [5.41, 5.74) is -0.277. The van der Waals surface area contributed by atoms with E-state index in [-0.39, 0.29) is 25.3 Å². The molecule has 0 aromatic carbocycles. The Hall–Kier alpha value is -2.36. The molecule has 10 heteroatoms. The molecule has 0 radical (unpaired) electrons. The van der Waals surface area contributed by atoms with Crippen molar-refractivity contribution < 1.29 is 27.5 Å². The Morgan fingerprint density at radius 3 is 2.55 bits per heavy atom. The molecule has 1 aromatic rings. The maximum atomic E-state index is 12.3. The van der Waals surface area contributed by atoms with E-state index in [1.165, 1.54) is 13.0 Å². The lowest BCUT2D eigenvalue weighted by molar-refractivity contribution is 0.0521. The van der Waals surface area contributed by atoms with Gasteiger partial charge in [0.25, 0.3) is 10.0 Å². The van der Waals surface area contributed by atoms with E-state index in [1.807, 2.05) is 0 Å². The van der Waals surface area contributed by atoms with Crippen LogP contribution in [-0.4, -0.2) is 43.5 Å². The van der Waals surface area contributed by atoms with Gasteiger partial charge in [-0.25, -0.2) is 19.0 Å². The summed E-state index contributed by atoms with van der Waals surface area (Å²) in [6.45, 7) is 6.67. The monoisotopic (exact) mass is 331 g/mol. The highest BCUT2D eigenvalue weighted by atomic mass is 32.2. The van der Waals surface area contributed by atoms with Gasteiger partial charge in [0.2, 0.25) is 0 Å². The zero-order chi connectivity index (χ0) is 16.8. The van der Waals surface area contributed by atoms with E-state index >= 15 is 0 Å². The molecule has 22 heavy (non-hydrogen) atoms. The van der Waals surface area contributed by atoms with Gasteiger partial charge in [0.1, 0.15) is 5.56 Å². The molecule has 0 unspecified atom stereocenters. The van der Waals surface area contributed by atoms with Crippen molar-refractivity contribution in [2.24, 2.45) is 0 Å². The Bertz CT molecular complexity index is 664. The van der Waals surface area contributed by atoms with E-state index in [0.717, 1.165) is 10.9 Å². The molecule has 0 aliphatic carbocycles. The number of hydrogen-bond donors (Lipinski definition) is 1.